The van der Waals surface area contributed by atoms with E-state index in [0.29, 0.717) is 0 Å². The first-order chi connectivity index (χ1) is 7.09. The molecule has 1 rings (SSSR count). The van der Waals surface area contributed by atoms with E-state index >= 15 is 0 Å². The second-order valence-electron chi connectivity index (χ2n) is 4.25. The lowest BCUT2D eigenvalue weighted by Crippen LogP contribution is -2.19. The van der Waals surface area contributed by atoms with E-state index < -0.39 is 0 Å². The molecule has 1 aromatic carbocycles. The summed E-state index contributed by atoms with van der Waals surface area (Å²) >= 11 is 0. The summed E-state index contributed by atoms with van der Waals surface area (Å²) in [6.07, 6.45) is 1.72. The fourth-order valence-corrected chi connectivity index (χ4v) is 1.55. The topological polar surface area (TPSA) is 23.5 Å². The van der Waals surface area contributed by atoms with Gasteiger partial charge in [-0.05, 0) is 38.8 Å². The van der Waals surface area contributed by atoms with E-state index in [1.165, 1.54) is 11.3 Å². The van der Waals surface area contributed by atoms with Crippen LogP contribution in [-0.2, 0) is 0 Å². The molecule has 0 saturated heterocycles. The van der Waals surface area contributed by atoms with Crippen LogP contribution in [0.3, 0.4) is 0 Å². The summed E-state index contributed by atoms with van der Waals surface area (Å²) in [6, 6.07) is 8.52. The maximum atomic E-state index is 9.15. The standard InChI is InChI=1S/C13H21NO/c1-11-6-8-13(9-7-11)14(3)10-4-5-12(2)15/h6-9,12,15H,4-5,10H2,1-3H3. The molecule has 1 atom stereocenters. The first-order valence-electron chi connectivity index (χ1n) is 5.55. The zero-order chi connectivity index (χ0) is 11.3. The van der Waals surface area contributed by atoms with Gasteiger partial charge in [-0.15, -0.1) is 0 Å². The van der Waals surface area contributed by atoms with E-state index in [9.17, 15) is 0 Å². The molecule has 2 nitrogen and oxygen atoms in total. The number of nitrogens with zero attached hydrogens (tertiary/aromatic N) is 1. The molecule has 0 bridgehead atoms. The lowest BCUT2D eigenvalue weighted by Gasteiger charge is -2.19. The molecule has 0 saturated carbocycles. The Bertz CT molecular complexity index is 279. The number of hydrogen-bond acceptors (Lipinski definition) is 2. The molecule has 0 radical (unpaired) electrons. The van der Waals surface area contributed by atoms with Crippen LogP contribution in [0.25, 0.3) is 0 Å². The molecule has 0 amide bonds. The van der Waals surface area contributed by atoms with Crippen LogP contribution < -0.4 is 4.90 Å². The smallest absolute Gasteiger partial charge is 0.0512 e. The molecule has 0 heterocycles. The molecule has 0 aliphatic carbocycles. The van der Waals surface area contributed by atoms with Crippen LogP contribution in [0.1, 0.15) is 25.3 Å². The number of anilines is 1. The highest BCUT2D eigenvalue weighted by molar-refractivity contribution is 5.46. The van der Waals surface area contributed by atoms with Gasteiger partial charge in [0.1, 0.15) is 0 Å². The number of aliphatic hydroxyl groups is 1. The Morgan fingerprint density at radius 1 is 1.27 bits per heavy atom. The van der Waals surface area contributed by atoms with Crippen molar-refractivity contribution >= 4 is 5.69 Å². The molecule has 1 aromatic rings. The van der Waals surface area contributed by atoms with Gasteiger partial charge in [0.25, 0.3) is 0 Å². The van der Waals surface area contributed by atoms with Crippen molar-refractivity contribution in [1.29, 1.82) is 0 Å². The predicted molar refractivity (Wildman–Crippen MR) is 65.4 cm³/mol. The van der Waals surface area contributed by atoms with Gasteiger partial charge in [0, 0.05) is 19.3 Å². The van der Waals surface area contributed by atoms with E-state index in [-0.39, 0.29) is 6.10 Å². The Kier molecular flexibility index (Phi) is 4.63. The highest BCUT2D eigenvalue weighted by Crippen LogP contribution is 2.14. The van der Waals surface area contributed by atoms with E-state index in [1.54, 1.807) is 0 Å². The molecule has 1 unspecified atom stereocenters. The molecule has 0 aliphatic rings. The van der Waals surface area contributed by atoms with Crippen molar-refractivity contribution in [1.82, 2.24) is 0 Å². The van der Waals surface area contributed by atoms with Crippen molar-refractivity contribution in [3.8, 4) is 0 Å². The third kappa shape index (κ3) is 4.34. The molecular formula is C13H21NO. The quantitative estimate of drug-likeness (QED) is 0.802. The molecule has 0 spiro atoms. The summed E-state index contributed by atoms with van der Waals surface area (Å²) in [5.74, 6) is 0. The summed E-state index contributed by atoms with van der Waals surface area (Å²) in [7, 11) is 2.09. The molecule has 1 N–H and O–H groups in total. The lowest BCUT2D eigenvalue weighted by molar-refractivity contribution is 0.182. The van der Waals surface area contributed by atoms with E-state index in [1.807, 2.05) is 6.92 Å². The van der Waals surface area contributed by atoms with Crippen molar-refractivity contribution in [2.75, 3.05) is 18.5 Å². The average Bonchev–Trinajstić information content (AvgIpc) is 2.18. The Balaban J connectivity index is 2.40. The highest BCUT2D eigenvalue weighted by Gasteiger charge is 2.01. The average molecular weight is 207 g/mol. The zero-order valence-corrected chi connectivity index (χ0v) is 9.90. The Labute approximate surface area is 92.5 Å². The van der Waals surface area contributed by atoms with E-state index in [2.05, 4.69) is 43.1 Å². The Morgan fingerprint density at radius 2 is 1.87 bits per heavy atom. The zero-order valence-electron chi connectivity index (χ0n) is 9.90. The fraction of sp³-hybridized carbons (Fsp3) is 0.538. The molecule has 0 fully saturated rings. The van der Waals surface area contributed by atoms with Crippen molar-refractivity contribution in [3.05, 3.63) is 29.8 Å². The molecule has 84 valence electrons. The summed E-state index contributed by atoms with van der Waals surface area (Å²) in [4.78, 5) is 2.22. The number of aliphatic hydroxyl groups excluding tert-OH is 1. The van der Waals surface area contributed by atoms with Crippen LogP contribution in [0.5, 0.6) is 0 Å². The summed E-state index contributed by atoms with van der Waals surface area (Å²) in [5.41, 5.74) is 2.53. The summed E-state index contributed by atoms with van der Waals surface area (Å²) in [5, 5.41) is 9.15. The van der Waals surface area contributed by atoms with Crippen LogP contribution in [0.15, 0.2) is 24.3 Å². The van der Waals surface area contributed by atoms with Gasteiger partial charge in [0.2, 0.25) is 0 Å². The maximum absolute atomic E-state index is 9.15. The van der Waals surface area contributed by atoms with Gasteiger partial charge in [0.05, 0.1) is 6.10 Å². The van der Waals surface area contributed by atoms with Gasteiger partial charge in [-0.1, -0.05) is 17.7 Å². The van der Waals surface area contributed by atoms with Gasteiger partial charge in [-0.25, -0.2) is 0 Å². The number of rotatable bonds is 5. The monoisotopic (exact) mass is 207 g/mol. The normalized spacial score (nSPS) is 12.5. The van der Waals surface area contributed by atoms with Gasteiger partial charge < -0.3 is 10.0 Å². The summed E-state index contributed by atoms with van der Waals surface area (Å²) < 4.78 is 0. The second-order valence-corrected chi connectivity index (χ2v) is 4.25. The first kappa shape index (κ1) is 12.1. The fourth-order valence-electron chi connectivity index (χ4n) is 1.55. The molecule has 0 aromatic heterocycles. The van der Waals surface area contributed by atoms with Crippen molar-refractivity contribution < 1.29 is 5.11 Å². The Morgan fingerprint density at radius 3 is 2.40 bits per heavy atom. The van der Waals surface area contributed by atoms with Gasteiger partial charge in [0.15, 0.2) is 0 Å². The number of aryl methyl sites for hydroxylation is 1. The molecule has 2 heteroatoms. The number of hydrogen-bond donors (Lipinski definition) is 1. The third-order valence-electron chi connectivity index (χ3n) is 2.59. The van der Waals surface area contributed by atoms with E-state index in [4.69, 9.17) is 5.11 Å². The van der Waals surface area contributed by atoms with Crippen LogP contribution >= 0.6 is 0 Å². The molecule has 0 aliphatic heterocycles. The van der Waals surface area contributed by atoms with Gasteiger partial charge in [-0.3, -0.25) is 0 Å². The van der Waals surface area contributed by atoms with Crippen molar-refractivity contribution in [2.45, 2.75) is 32.8 Å². The van der Waals surface area contributed by atoms with Crippen molar-refractivity contribution in [2.24, 2.45) is 0 Å². The van der Waals surface area contributed by atoms with Crippen molar-refractivity contribution in [3.63, 3.8) is 0 Å². The van der Waals surface area contributed by atoms with Gasteiger partial charge >= 0.3 is 0 Å². The first-order valence-corrected chi connectivity index (χ1v) is 5.55. The molecule has 15 heavy (non-hydrogen) atoms. The van der Waals surface area contributed by atoms with Crippen LogP contribution in [-0.4, -0.2) is 24.8 Å². The highest BCUT2D eigenvalue weighted by atomic mass is 16.3. The summed E-state index contributed by atoms with van der Waals surface area (Å²) in [6.45, 7) is 4.93. The van der Waals surface area contributed by atoms with Crippen LogP contribution in [0.2, 0.25) is 0 Å². The van der Waals surface area contributed by atoms with Gasteiger partial charge in [-0.2, -0.15) is 0 Å². The third-order valence-corrected chi connectivity index (χ3v) is 2.59. The minimum absolute atomic E-state index is 0.184. The number of benzene rings is 1. The SMILES string of the molecule is Cc1ccc(N(C)CCCC(C)O)cc1. The van der Waals surface area contributed by atoms with Crippen LogP contribution in [0.4, 0.5) is 5.69 Å². The minimum Gasteiger partial charge on any atom is -0.393 e. The molecular weight excluding hydrogens is 186 g/mol. The minimum atomic E-state index is -0.184. The Hall–Kier alpha value is -1.02. The predicted octanol–water partition coefficient (Wildman–Crippen LogP) is 2.59. The largest absolute Gasteiger partial charge is 0.393 e. The lowest BCUT2D eigenvalue weighted by atomic mass is 10.2. The van der Waals surface area contributed by atoms with Crippen LogP contribution in [0, 0.1) is 6.92 Å². The van der Waals surface area contributed by atoms with E-state index in [0.717, 1.165) is 19.4 Å². The maximum Gasteiger partial charge on any atom is 0.0512 e. The second kappa shape index (κ2) is 5.76.